The number of hydrogen-bond donors (Lipinski definition) is 0. The van der Waals surface area contributed by atoms with Crippen molar-refractivity contribution < 1.29 is 9.53 Å². The summed E-state index contributed by atoms with van der Waals surface area (Å²) in [5.41, 5.74) is 1.00. The summed E-state index contributed by atoms with van der Waals surface area (Å²) in [7, 11) is 1.33. The van der Waals surface area contributed by atoms with Crippen LogP contribution < -0.4 is 0 Å². The second-order valence-corrected chi connectivity index (χ2v) is 5.38. The Morgan fingerprint density at radius 1 is 1.41 bits per heavy atom. The fourth-order valence-electron chi connectivity index (χ4n) is 1.45. The lowest BCUT2D eigenvalue weighted by Crippen LogP contribution is -2.03. The first kappa shape index (κ1) is 12.8. The highest BCUT2D eigenvalue weighted by atomic mass is 79.9. The first-order valence-corrected chi connectivity index (χ1v) is 6.52. The molecule has 0 spiro atoms. The van der Waals surface area contributed by atoms with E-state index in [9.17, 15) is 4.79 Å². The molecule has 0 unspecified atom stereocenters. The lowest BCUT2D eigenvalue weighted by molar-refractivity contribution is 0.0599. The molecule has 17 heavy (non-hydrogen) atoms. The van der Waals surface area contributed by atoms with Crippen LogP contribution >= 0.6 is 43.5 Å². The summed E-state index contributed by atoms with van der Waals surface area (Å²) < 4.78 is 6.11. The van der Waals surface area contributed by atoms with Gasteiger partial charge in [-0.2, -0.15) is 0 Å². The van der Waals surface area contributed by atoms with E-state index in [1.807, 2.05) is 6.07 Å². The van der Waals surface area contributed by atoms with Gasteiger partial charge in [-0.3, -0.25) is 4.98 Å². The number of benzene rings is 1. The molecule has 1 aromatic heterocycles. The first-order valence-electron chi connectivity index (χ1n) is 4.56. The summed E-state index contributed by atoms with van der Waals surface area (Å²) in [5.74, 6) is -0.442. The van der Waals surface area contributed by atoms with Gasteiger partial charge >= 0.3 is 5.97 Å². The maximum absolute atomic E-state index is 11.5. The zero-order chi connectivity index (χ0) is 12.6. The molecule has 1 heterocycles. The predicted molar refractivity (Wildman–Crippen MR) is 73.5 cm³/mol. The van der Waals surface area contributed by atoms with Crippen LogP contribution in [0.1, 0.15) is 10.4 Å². The molecule has 1 aromatic carbocycles. The smallest absolute Gasteiger partial charge is 0.340 e. The lowest BCUT2D eigenvalue weighted by Gasteiger charge is -2.07. The zero-order valence-electron chi connectivity index (χ0n) is 8.63. The van der Waals surface area contributed by atoms with Crippen molar-refractivity contribution in [3.05, 3.63) is 37.9 Å². The summed E-state index contributed by atoms with van der Waals surface area (Å²) in [5, 5.41) is 1.28. The van der Waals surface area contributed by atoms with Crippen LogP contribution in [0.25, 0.3) is 10.9 Å². The van der Waals surface area contributed by atoms with Crippen LogP contribution in [0.2, 0.25) is 5.02 Å². The highest BCUT2D eigenvalue weighted by Crippen LogP contribution is 2.33. The molecule has 0 aliphatic rings. The molecule has 0 atom stereocenters. The molecular weight excluding hydrogens is 373 g/mol. The average molecular weight is 379 g/mol. The number of rotatable bonds is 1. The zero-order valence-corrected chi connectivity index (χ0v) is 12.6. The van der Waals surface area contributed by atoms with Gasteiger partial charge in [0.15, 0.2) is 0 Å². The standard InChI is InChI=1S/C11H6Br2ClNO2/c1-17-11(16)7-4-15-10-6(9(7)13)2-5(12)3-8(10)14/h2-4H,1H3. The molecule has 0 N–H and O–H groups in total. The molecule has 0 amide bonds. The second kappa shape index (κ2) is 4.92. The lowest BCUT2D eigenvalue weighted by atomic mass is 10.1. The van der Waals surface area contributed by atoms with Crippen LogP contribution in [-0.2, 0) is 4.74 Å². The Morgan fingerprint density at radius 3 is 2.76 bits per heavy atom. The number of carbonyl (C=O) groups excluding carboxylic acids is 1. The van der Waals surface area contributed by atoms with Gasteiger partial charge in [0.25, 0.3) is 0 Å². The number of nitrogens with zero attached hydrogens (tertiary/aromatic N) is 1. The van der Waals surface area contributed by atoms with Gasteiger partial charge in [0.2, 0.25) is 0 Å². The summed E-state index contributed by atoms with van der Waals surface area (Å²) in [6.45, 7) is 0. The van der Waals surface area contributed by atoms with E-state index in [0.29, 0.717) is 20.6 Å². The van der Waals surface area contributed by atoms with Gasteiger partial charge in [0.1, 0.15) is 0 Å². The van der Waals surface area contributed by atoms with Crippen LogP contribution in [0.3, 0.4) is 0 Å². The number of halogens is 3. The number of fused-ring (bicyclic) bond motifs is 1. The largest absolute Gasteiger partial charge is 0.465 e. The predicted octanol–water partition coefficient (Wildman–Crippen LogP) is 4.20. The maximum atomic E-state index is 11.5. The molecule has 0 bridgehead atoms. The number of pyridine rings is 1. The molecule has 0 aliphatic carbocycles. The summed E-state index contributed by atoms with van der Waals surface area (Å²) in [6.07, 6.45) is 1.44. The van der Waals surface area contributed by atoms with Gasteiger partial charge in [0, 0.05) is 20.5 Å². The Bertz CT molecular complexity index is 616. The van der Waals surface area contributed by atoms with E-state index in [1.165, 1.54) is 13.3 Å². The first-order chi connectivity index (χ1) is 8.04. The summed E-state index contributed by atoms with van der Waals surface area (Å²) in [6, 6.07) is 3.59. The minimum absolute atomic E-state index is 0.370. The topological polar surface area (TPSA) is 39.2 Å². The van der Waals surface area contributed by atoms with Crippen molar-refractivity contribution in [3.63, 3.8) is 0 Å². The average Bonchev–Trinajstić information content (AvgIpc) is 2.29. The van der Waals surface area contributed by atoms with Crippen molar-refractivity contribution >= 4 is 60.3 Å². The molecule has 0 fully saturated rings. The van der Waals surface area contributed by atoms with Crippen molar-refractivity contribution in [1.29, 1.82) is 0 Å². The third-order valence-corrected chi connectivity index (χ3v) is 3.83. The van der Waals surface area contributed by atoms with Crippen molar-refractivity contribution in [2.45, 2.75) is 0 Å². The Hall–Kier alpha value is -0.650. The molecule has 2 rings (SSSR count). The number of methoxy groups -OCH3 is 1. The van der Waals surface area contributed by atoms with Gasteiger partial charge in [-0.05, 0) is 28.1 Å². The van der Waals surface area contributed by atoms with Gasteiger partial charge in [-0.1, -0.05) is 27.5 Å². The van der Waals surface area contributed by atoms with Crippen molar-refractivity contribution in [3.8, 4) is 0 Å². The fourth-order valence-corrected chi connectivity index (χ4v) is 2.87. The minimum Gasteiger partial charge on any atom is -0.465 e. The normalized spacial score (nSPS) is 10.6. The van der Waals surface area contributed by atoms with Crippen molar-refractivity contribution in [2.75, 3.05) is 7.11 Å². The Morgan fingerprint density at radius 2 is 2.12 bits per heavy atom. The van der Waals surface area contributed by atoms with E-state index in [4.69, 9.17) is 11.6 Å². The fraction of sp³-hybridized carbons (Fsp3) is 0.0909. The molecule has 88 valence electrons. The van der Waals surface area contributed by atoms with Crippen LogP contribution in [0.15, 0.2) is 27.3 Å². The molecule has 0 radical (unpaired) electrons. The third-order valence-electron chi connectivity index (χ3n) is 2.23. The van der Waals surface area contributed by atoms with Crippen LogP contribution in [0.4, 0.5) is 0 Å². The third kappa shape index (κ3) is 2.32. The van der Waals surface area contributed by atoms with Gasteiger partial charge in [-0.15, -0.1) is 0 Å². The Kier molecular flexibility index (Phi) is 3.70. The second-order valence-electron chi connectivity index (χ2n) is 3.26. The molecule has 6 heteroatoms. The summed E-state index contributed by atoms with van der Waals surface area (Å²) in [4.78, 5) is 15.7. The van der Waals surface area contributed by atoms with Crippen LogP contribution in [-0.4, -0.2) is 18.1 Å². The highest BCUT2D eigenvalue weighted by molar-refractivity contribution is 9.11. The molecule has 2 aromatic rings. The SMILES string of the molecule is COC(=O)c1cnc2c(Cl)cc(Br)cc2c1Br. The van der Waals surface area contributed by atoms with Gasteiger partial charge in [-0.25, -0.2) is 4.79 Å². The van der Waals surface area contributed by atoms with Crippen molar-refractivity contribution in [2.24, 2.45) is 0 Å². The van der Waals surface area contributed by atoms with E-state index < -0.39 is 5.97 Å². The van der Waals surface area contributed by atoms with E-state index >= 15 is 0 Å². The minimum atomic E-state index is -0.442. The van der Waals surface area contributed by atoms with Gasteiger partial charge in [0.05, 0.1) is 23.2 Å². The number of aromatic nitrogens is 1. The number of carbonyl (C=O) groups is 1. The van der Waals surface area contributed by atoms with Crippen LogP contribution in [0, 0.1) is 0 Å². The summed E-state index contributed by atoms with van der Waals surface area (Å²) >= 11 is 12.8. The van der Waals surface area contributed by atoms with Crippen LogP contribution in [0.5, 0.6) is 0 Å². The Labute approximate surface area is 119 Å². The van der Waals surface area contributed by atoms with E-state index in [1.54, 1.807) is 6.07 Å². The molecule has 0 saturated carbocycles. The van der Waals surface area contributed by atoms with Gasteiger partial charge < -0.3 is 4.74 Å². The molecule has 0 saturated heterocycles. The molecule has 3 nitrogen and oxygen atoms in total. The van der Waals surface area contributed by atoms with E-state index in [0.717, 1.165) is 9.86 Å². The number of ether oxygens (including phenoxy) is 1. The number of hydrogen-bond acceptors (Lipinski definition) is 3. The quantitative estimate of drug-likeness (QED) is 0.697. The highest BCUT2D eigenvalue weighted by Gasteiger charge is 2.15. The maximum Gasteiger partial charge on any atom is 0.340 e. The molecule has 0 aliphatic heterocycles. The monoisotopic (exact) mass is 377 g/mol. The van der Waals surface area contributed by atoms with E-state index in [2.05, 4.69) is 41.6 Å². The molecular formula is C11H6Br2ClNO2. The van der Waals surface area contributed by atoms with Crippen molar-refractivity contribution in [1.82, 2.24) is 4.98 Å². The Balaban J connectivity index is 2.79. The number of esters is 1. The van der Waals surface area contributed by atoms with E-state index in [-0.39, 0.29) is 0 Å².